The summed E-state index contributed by atoms with van der Waals surface area (Å²) in [5.41, 5.74) is 0. The van der Waals surface area contributed by atoms with Crippen LogP contribution in [0.4, 0.5) is 0 Å². The number of hydrogen-bond donors (Lipinski definition) is 0. The van der Waals surface area contributed by atoms with Crippen molar-refractivity contribution >= 4 is 58.1 Å². The maximum atomic E-state index is 8.61. The molecule has 0 aliphatic rings. The van der Waals surface area contributed by atoms with Crippen LogP contribution in [0.15, 0.2) is 0 Å². The van der Waals surface area contributed by atoms with Crippen molar-refractivity contribution in [2.24, 2.45) is 0 Å². The fraction of sp³-hybridized carbons (Fsp3) is 0. The van der Waals surface area contributed by atoms with Gasteiger partial charge in [-0.15, -0.1) is 0 Å². The van der Waals surface area contributed by atoms with E-state index in [4.69, 9.17) is 64.1 Å². The number of hydrogen-bond acceptors (Lipinski definition) is 16. The Bertz CT molecular complexity index is 293. The third-order valence-electron chi connectivity index (χ3n) is 0. The smallest absolute Gasteiger partial charge is 4.00 e. The molecule has 6 N–H and O–H groups in total. The van der Waals surface area contributed by atoms with E-state index >= 15 is 0 Å². The quantitative estimate of drug-likeness (QED) is 0.204. The minimum atomic E-state index is -5.88. The van der Waals surface area contributed by atoms with Crippen LogP contribution in [-0.2, 0) is 93.6 Å². The van der Waals surface area contributed by atoms with Crippen LogP contribution in [-0.4, -0.2) is 74.5 Å². The first kappa shape index (κ1) is 63.0. The predicted octanol–water partition coefficient (Wildman–Crippen LogP) is -18.7. The molecular weight excluding hydrogens is 877 g/mol. The molecule has 0 rings (SSSR count). The Hall–Kier alpha value is 3.48. The topological polar surface area (TPSA) is 440 Å². The summed E-state index contributed by atoms with van der Waals surface area (Å²) in [4.78, 5) is 0. The molecule has 0 aromatic heterocycles. The second kappa shape index (κ2) is 28.5. The predicted molar refractivity (Wildman–Crippen MR) is 36.6 cm³/mol. The fourth-order valence-corrected chi connectivity index (χ4v) is 0. The summed E-state index contributed by atoms with van der Waals surface area (Å²) in [5.74, 6) is 0. The molecule has 0 saturated heterocycles. The molecule has 0 saturated carbocycles. The van der Waals surface area contributed by atoms with Gasteiger partial charge in [0.25, 0.3) is 0 Å². The summed E-state index contributed by atoms with van der Waals surface area (Å²) in [7, 11) is 0. The molecule has 0 bridgehead atoms. The molecule has 0 amide bonds. The first-order chi connectivity index (χ1) is 8.00. The molecule has 26 heavy (non-hydrogen) atoms. The van der Waals surface area contributed by atoms with Gasteiger partial charge < -0.3 is 16.4 Å². The molecule has 0 aromatic carbocycles. The molecule has 0 aliphatic carbocycles. The van der Waals surface area contributed by atoms with Crippen molar-refractivity contribution in [2.45, 2.75) is 0 Å². The molecular formula is H6As4O19Zr3. The summed E-state index contributed by atoms with van der Waals surface area (Å²) in [6, 6.07) is 0. The summed E-state index contributed by atoms with van der Waals surface area (Å²) < 4.78 is 138. The van der Waals surface area contributed by atoms with E-state index in [0.717, 1.165) is 0 Å². The zero-order chi connectivity index (χ0) is 18.0. The van der Waals surface area contributed by atoms with E-state index in [2.05, 4.69) is 0 Å². The third-order valence-corrected chi connectivity index (χ3v) is 0. The number of rotatable bonds is 0. The Morgan fingerprint density at radius 1 is 0.308 bits per heavy atom. The molecule has 0 radical (unpaired) electrons. The minimum absolute atomic E-state index is 0. The van der Waals surface area contributed by atoms with Gasteiger partial charge in [-0.25, -0.2) is 0 Å². The van der Waals surface area contributed by atoms with Crippen LogP contribution in [0.5, 0.6) is 0 Å². The summed E-state index contributed by atoms with van der Waals surface area (Å²) in [6.45, 7) is 0. The maximum absolute atomic E-state index is 8.61. The summed E-state index contributed by atoms with van der Waals surface area (Å²) >= 11 is -23.5. The van der Waals surface area contributed by atoms with Gasteiger partial charge in [-0.2, -0.15) is 0 Å². The van der Waals surface area contributed by atoms with Crippen LogP contribution < -0.4 is 49.1 Å². The van der Waals surface area contributed by atoms with Gasteiger partial charge >= 0.3 is 201 Å². The largest absolute Gasteiger partial charge is 4.00 e. The van der Waals surface area contributed by atoms with Gasteiger partial charge in [0.15, 0.2) is 0 Å². The van der Waals surface area contributed by atoms with E-state index < -0.39 is 58.1 Å². The van der Waals surface area contributed by atoms with E-state index in [-0.39, 0.29) is 95.0 Å². The van der Waals surface area contributed by atoms with Crippen LogP contribution in [0.25, 0.3) is 0 Å². The molecule has 26 heteroatoms. The average Bonchev–Trinajstić information content (AvgIpc) is 1.62. The molecule has 0 aromatic rings. The van der Waals surface area contributed by atoms with Gasteiger partial charge in [0, 0.05) is 0 Å². The van der Waals surface area contributed by atoms with Gasteiger partial charge in [-0.05, 0) is 0 Å². The van der Waals surface area contributed by atoms with E-state index in [1.807, 2.05) is 0 Å². The van der Waals surface area contributed by atoms with E-state index in [1.54, 1.807) is 0 Å². The third kappa shape index (κ3) is 1590. The minimum Gasteiger partial charge on any atom is 4.00 e. The van der Waals surface area contributed by atoms with Gasteiger partial charge in [-0.3, -0.25) is 0 Å². The maximum Gasteiger partial charge on any atom is 4.00 e. The summed E-state index contributed by atoms with van der Waals surface area (Å²) in [6.07, 6.45) is 0. The Labute approximate surface area is 214 Å². The standard InChI is InChI=1S/4AsH3O4.3H2O.3Zr/c4*2-1(3,4)5;;;;;;/h4*(H3,2,3,4,5);3*1H2;;;/q;;;;;;;3*+4/p-12. The van der Waals surface area contributed by atoms with Crippen LogP contribution in [0.1, 0.15) is 0 Å². The van der Waals surface area contributed by atoms with Crippen LogP contribution in [0.3, 0.4) is 0 Å². The SMILES string of the molecule is O.O.O.O=[As]([O-])([O-])[O-].O=[As]([O-])([O-])[O-].O=[As]([O-])([O-])[O-].O=[As]([O-])([O-])[O-].[Zr+4].[Zr+4].[Zr+4]. The molecule has 0 spiro atoms. The van der Waals surface area contributed by atoms with E-state index in [1.165, 1.54) is 0 Å². The van der Waals surface area contributed by atoms with Crippen molar-refractivity contribution in [2.75, 3.05) is 0 Å². The average molecular weight is 883 g/mol. The molecule has 152 valence electrons. The zero-order valence-electron chi connectivity index (χ0n) is 11.3. The second-order valence-electron chi connectivity index (χ2n) is 1.79. The van der Waals surface area contributed by atoms with Crippen molar-refractivity contribution in [3.63, 3.8) is 0 Å². The normalized spacial score (nSPS) is 9.08. The molecule has 0 heterocycles. The van der Waals surface area contributed by atoms with Crippen LogP contribution >= 0.6 is 0 Å². The van der Waals surface area contributed by atoms with Crippen LogP contribution in [0.2, 0.25) is 0 Å². The fourth-order valence-electron chi connectivity index (χ4n) is 0. The van der Waals surface area contributed by atoms with E-state index in [9.17, 15) is 0 Å². The van der Waals surface area contributed by atoms with Crippen molar-refractivity contribution in [1.82, 2.24) is 0 Å². The van der Waals surface area contributed by atoms with Gasteiger partial charge in [0.2, 0.25) is 0 Å². The van der Waals surface area contributed by atoms with Crippen molar-refractivity contribution in [3.8, 4) is 0 Å². The van der Waals surface area contributed by atoms with Crippen molar-refractivity contribution < 1.29 is 159 Å². The Kier molecular flexibility index (Phi) is 69.0. The van der Waals surface area contributed by atoms with Gasteiger partial charge in [0.05, 0.1) is 0 Å². The summed E-state index contributed by atoms with van der Waals surface area (Å²) in [5, 5.41) is 0. The van der Waals surface area contributed by atoms with Crippen molar-refractivity contribution in [3.05, 3.63) is 0 Å². The first-order valence-electron chi connectivity index (χ1n) is 2.92. The van der Waals surface area contributed by atoms with Gasteiger partial charge in [0.1, 0.15) is 0 Å². The monoisotopic (exact) mass is 879 g/mol. The molecule has 0 aliphatic heterocycles. The Morgan fingerprint density at radius 2 is 0.308 bits per heavy atom. The molecule has 0 fully saturated rings. The Morgan fingerprint density at radius 3 is 0.308 bits per heavy atom. The molecule has 19 nitrogen and oxygen atoms in total. The van der Waals surface area contributed by atoms with E-state index in [0.29, 0.717) is 0 Å². The Balaban J connectivity index is -0.0000000152. The van der Waals surface area contributed by atoms with Gasteiger partial charge in [-0.1, -0.05) is 0 Å². The van der Waals surface area contributed by atoms with Crippen molar-refractivity contribution in [1.29, 1.82) is 0 Å². The van der Waals surface area contributed by atoms with Crippen LogP contribution in [0, 0.1) is 0 Å². The first-order valence-corrected chi connectivity index (χ1v) is 15.2. The molecule has 0 atom stereocenters. The molecule has 0 unspecified atom stereocenters. The zero-order valence-corrected chi connectivity index (χ0v) is 26.2. The second-order valence-corrected chi connectivity index (χ2v) is 9.30.